The Morgan fingerprint density at radius 3 is 1.20 bits per heavy atom. The first-order valence-electron chi connectivity index (χ1n) is 12.8. The second kappa shape index (κ2) is 18.6. The van der Waals surface area contributed by atoms with Crippen LogP contribution in [-0.2, 0) is 9.59 Å². The zero-order valence-corrected chi connectivity index (χ0v) is 20.7. The second-order valence-corrected chi connectivity index (χ2v) is 9.56. The number of rotatable bonds is 20. The molecular weight excluding hydrogens is 372 g/mol. The second-order valence-electron chi connectivity index (χ2n) is 9.56. The molecule has 0 bridgehead atoms. The van der Waals surface area contributed by atoms with Crippen LogP contribution < -0.4 is 0 Å². The van der Waals surface area contributed by atoms with E-state index in [1.54, 1.807) is 0 Å². The van der Waals surface area contributed by atoms with Gasteiger partial charge in [0.1, 0.15) is 0 Å². The molecule has 0 amide bonds. The van der Waals surface area contributed by atoms with Crippen molar-refractivity contribution in [3.63, 3.8) is 0 Å². The SMILES string of the molecule is CCCCCCCCCCCCCCCCCC(=O)C(=C(C(=O)O)C(C)C)C(C)C. The van der Waals surface area contributed by atoms with E-state index in [9.17, 15) is 14.7 Å². The fraction of sp³-hybridized carbons (Fsp3) is 0.852. The highest BCUT2D eigenvalue weighted by molar-refractivity contribution is 6.03. The number of carboxylic acid groups (broad SMARTS) is 1. The van der Waals surface area contributed by atoms with E-state index in [1.807, 2.05) is 27.7 Å². The molecule has 176 valence electrons. The molecule has 0 radical (unpaired) electrons. The number of hydrogen-bond acceptors (Lipinski definition) is 2. The zero-order chi connectivity index (χ0) is 22.8. The van der Waals surface area contributed by atoms with Crippen LogP contribution >= 0.6 is 0 Å². The number of ketones is 1. The maximum atomic E-state index is 12.6. The number of unbranched alkanes of at least 4 members (excludes halogenated alkanes) is 14. The lowest BCUT2D eigenvalue weighted by Gasteiger charge is -2.17. The maximum absolute atomic E-state index is 12.6. The van der Waals surface area contributed by atoms with Gasteiger partial charge in [0.2, 0.25) is 0 Å². The first-order chi connectivity index (χ1) is 14.3. The largest absolute Gasteiger partial charge is 0.478 e. The highest BCUT2D eigenvalue weighted by atomic mass is 16.4. The molecule has 0 aromatic heterocycles. The van der Waals surface area contributed by atoms with Crippen LogP contribution in [0.15, 0.2) is 11.1 Å². The van der Waals surface area contributed by atoms with Gasteiger partial charge >= 0.3 is 5.97 Å². The minimum absolute atomic E-state index is 0.0331. The number of carbonyl (C=O) groups excluding carboxylic acids is 1. The van der Waals surface area contributed by atoms with Gasteiger partial charge in [0, 0.05) is 17.6 Å². The fourth-order valence-electron chi connectivity index (χ4n) is 4.25. The molecule has 0 aromatic carbocycles. The Morgan fingerprint density at radius 1 is 0.567 bits per heavy atom. The topological polar surface area (TPSA) is 54.4 Å². The van der Waals surface area contributed by atoms with E-state index in [1.165, 1.54) is 83.5 Å². The minimum Gasteiger partial charge on any atom is -0.478 e. The van der Waals surface area contributed by atoms with Crippen molar-refractivity contribution >= 4 is 11.8 Å². The zero-order valence-electron chi connectivity index (χ0n) is 20.7. The molecule has 0 aliphatic heterocycles. The van der Waals surface area contributed by atoms with Gasteiger partial charge in [-0.3, -0.25) is 4.79 Å². The Bertz CT molecular complexity index is 488. The number of carbonyl (C=O) groups is 2. The molecule has 0 rings (SSSR count). The van der Waals surface area contributed by atoms with Crippen molar-refractivity contribution in [2.75, 3.05) is 0 Å². The molecule has 0 aromatic rings. The van der Waals surface area contributed by atoms with E-state index in [4.69, 9.17) is 0 Å². The van der Waals surface area contributed by atoms with Crippen molar-refractivity contribution in [2.45, 2.75) is 137 Å². The summed E-state index contributed by atoms with van der Waals surface area (Å²) < 4.78 is 0. The van der Waals surface area contributed by atoms with E-state index in [2.05, 4.69) is 6.92 Å². The summed E-state index contributed by atoms with van der Waals surface area (Å²) in [5.41, 5.74) is 0.832. The Kier molecular flexibility index (Phi) is 17.9. The van der Waals surface area contributed by atoms with Gasteiger partial charge in [-0.2, -0.15) is 0 Å². The lowest BCUT2D eigenvalue weighted by molar-refractivity contribution is -0.133. The van der Waals surface area contributed by atoms with Crippen LogP contribution in [0.2, 0.25) is 0 Å². The van der Waals surface area contributed by atoms with E-state index < -0.39 is 5.97 Å². The number of aliphatic carboxylic acids is 1. The Balaban J connectivity index is 3.84. The van der Waals surface area contributed by atoms with Crippen molar-refractivity contribution in [1.29, 1.82) is 0 Å². The third kappa shape index (κ3) is 14.0. The Morgan fingerprint density at radius 2 is 0.900 bits per heavy atom. The molecule has 0 fully saturated rings. The van der Waals surface area contributed by atoms with Crippen LogP contribution in [0.25, 0.3) is 0 Å². The van der Waals surface area contributed by atoms with Crippen molar-refractivity contribution in [3.05, 3.63) is 11.1 Å². The van der Waals surface area contributed by atoms with E-state index >= 15 is 0 Å². The van der Waals surface area contributed by atoms with E-state index in [0.29, 0.717) is 17.6 Å². The summed E-state index contributed by atoms with van der Waals surface area (Å²) in [6, 6.07) is 0. The molecule has 30 heavy (non-hydrogen) atoms. The van der Waals surface area contributed by atoms with Gasteiger partial charge in [0.05, 0.1) is 0 Å². The smallest absolute Gasteiger partial charge is 0.332 e. The Hall–Kier alpha value is -1.12. The molecule has 0 saturated heterocycles. The summed E-state index contributed by atoms with van der Waals surface area (Å²) >= 11 is 0. The molecule has 0 atom stereocenters. The first-order valence-corrected chi connectivity index (χ1v) is 12.8. The molecule has 3 heteroatoms. The van der Waals surface area contributed by atoms with Gasteiger partial charge in [-0.1, -0.05) is 125 Å². The summed E-state index contributed by atoms with van der Waals surface area (Å²) in [6.45, 7) is 9.82. The summed E-state index contributed by atoms with van der Waals surface area (Å²) in [6.07, 6.45) is 20.0. The molecule has 0 heterocycles. The van der Waals surface area contributed by atoms with Crippen LogP contribution in [0.3, 0.4) is 0 Å². The molecule has 1 N–H and O–H groups in total. The maximum Gasteiger partial charge on any atom is 0.332 e. The van der Waals surface area contributed by atoms with Crippen LogP contribution in [0, 0.1) is 11.8 Å². The molecular formula is C27H50O3. The third-order valence-corrected chi connectivity index (χ3v) is 5.98. The Labute approximate surface area is 187 Å². The average molecular weight is 423 g/mol. The van der Waals surface area contributed by atoms with Crippen molar-refractivity contribution in [1.82, 2.24) is 0 Å². The van der Waals surface area contributed by atoms with E-state index in [-0.39, 0.29) is 17.6 Å². The number of hydrogen-bond donors (Lipinski definition) is 1. The van der Waals surface area contributed by atoms with Crippen LogP contribution in [0.1, 0.15) is 137 Å². The van der Waals surface area contributed by atoms with Crippen LogP contribution in [0.4, 0.5) is 0 Å². The summed E-state index contributed by atoms with van der Waals surface area (Å²) in [7, 11) is 0. The van der Waals surface area contributed by atoms with Crippen molar-refractivity contribution < 1.29 is 14.7 Å². The standard InChI is InChI=1S/C27H50O3/c1-6-7-8-9-10-11-12-13-14-15-16-17-18-19-20-21-24(28)25(22(2)3)26(23(4)5)27(29)30/h22-23H,6-21H2,1-5H3,(H,29,30). The monoisotopic (exact) mass is 422 g/mol. The number of Topliss-reactive ketones (excluding diaryl/α,β-unsaturated/α-hetero) is 1. The molecule has 0 saturated carbocycles. The summed E-state index contributed by atoms with van der Waals surface area (Å²) in [5.74, 6) is -1.09. The van der Waals surface area contributed by atoms with Crippen LogP contribution in [0.5, 0.6) is 0 Å². The predicted molar refractivity (Wildman–Crippen MR) is 129 cm³/mol. The first kappa shape index (κ1) is 28.9. The molecule has 0 spiro atoms. The summed E-state index contributed by atoms with van der Waals surface area (Å²) in [5, 5.41) is 9.51. The normalized spacial score (nSPS) is 12.5. The molecule has 0 unspecified atom stereocenters. The number of allylic oxidation sites excluding steroid dienone is 1. The van der Waals surface area contributed by atoms with Crippen molar-refractivity contribution in [3.8, 4) is 0 Å². The molecule has 0 aliphatic carbocycles. The highest BCUT2D eigenvalue weighted by Crippen LogP contribution is 2.25. The summed E-state index contributed by atoms with van der Waals surface area (Å²) in [4.78, 5) is 24.2. The van der Waals surface area contributed by atoms with E-state index in [0.717, 1.165) is 12.8 Å². The molecule has 3 nitrogen and oxygen atoms in total. The minimum atomic E-state index is -0.946. The fourth-order valence-corrected chi connectivity index (χ4v) is 4.25. The van der Waals surface area contributed by atoms with Gasteiger partial charge in [-0.25, -0.2) is 4.79 Å². The van der Waals surface area contributed by atoms with Gasteiger partial charge in [-0.15, -0.1) is 0 Å². The van der Waals surface area contributed by atoms with Gasteiger partial charge < -0.3 is 5.11 Å². The van der Waals surface area contributed by atoms with Gasteiger partial charge in [0.25, 0.3) is 0 Å². The van der Waals surface area contributed by atoms with Crippen LogP contribution in [-0.4, -0.2) is 16.9 Å². The highest BCUT2D eigenvalue weighted by Gasteiger charge is 2.24. The van der Waals surface area contributed by atoms with Crippen molar-refractivity contribution in [2.24, 2.45) is 11.8 Å². The third-order valence-electron chi connectivity index (χ3n) is 5.98. The quantitative estimate of drug-likeness (QED) is 0.158. The molecule has 0 aliphatic rings. The average Bonchev–Trinajstić information content (AvgIpc) is 2.67. The predicted octanol–water partition coefficient (Wildman–Crippen LogP) is 8.51. The number of carboxylic acids is 1. The van der Waals surface area contributed by atoms with Gasteiger partial charge in [0.15, 0.2) is 5.78 Å². The lowest BCUT2D eigenvalue weighted by atomic mass is 9.86. The van der Waals surface area contributed by atoms with Gasteiger partial charge in [-0.05, 0) is 18.3 Å². The lowest BCUT2D eigenvalue weighted by Crippen LogP contribution is -2.19.